The average Bonchev–Trinajstić information content (AvgIpc) is 3.32. The lowest BCUT2D eigenvalue weighted by Gasteiger charge is -2.24. The van der Waals surface area contributed by atoms with Crippen molar-refractivity contribution in [2.24, 2.45) is 0 Å². The van der Waals surface area contributed by atoms with Gasteiger partial charge < -0.3 is 15.1 Å². The molecule has 24 heavy (non-hydrogen) atoms. The van der Waals surface area contributed by atoms with Crippen LogP contribution in [0.2, 0.25) is 0 Å². The van der Waals surface area contributed by atoms with Gasteiger partial charge in [-0.1, -0.05) is 12.1 Å². The quantitative estimate of drug-likeness (QED) is 0.901. The Morgan fingerprint density at radius 1 is 1.38 bits per heavy atom. The maximum atomic E-state index is 12.3. The van der Waals surface area contributed by atoms with E-state index in [1.165, 1.54) is 17.7 Å². The zero-order valence-corrected chi connectivity index (χ0v) is 15.1. The number of hydrogen-bond donors (Lipinski definition) is 1. The van der Waals surface area contributed by atoms with Crippen LogP contribution in [0.25, 0.3) is 0 Å². The van der Waals surface area contributed by atoms with Gasteiger partial charge in [-0.2, -0.15) is 0 Å². The van der Waals surface area contributed by atoms with E-state index in [1.807, 2.05) is 43.7 Å². The number of thiophene rings is 1. The van der Waals surface area contributed by atoms with Crippen molar-refractivity contribution in [1.29, 1.82) is 0 Å². The summed E-state index contributed by atoms with van der Waals surface area (Å²) < 4.78 is 0. The molecule has 6 heteroatoms. The van der Waals surface area contributed by atoms with Crippen LogP contribution in [-0.2, 0) is 6.54 Å². The van der Waals surface area contributed by atoms with E-state index in [4.69, 9.17) is 0 Å². The molecule has 1 unspecified atom stereocenters. The fourth-order valence-corrected chi connectivity index (χ4v) is 3.68. The maximum absolute atomic E-state index is 12.3. The van der Waals surface area contributed by atoms with E-state index >= 15 is 0 Å². The number of carbonyl (C=O) groups is 1. The second-order valence-corrected chi connectivity index (χ2v) is 7.16. The Bertz CT molecular complexity index is 650. The predicted octanol–water partition coefficient (Wildman–Crippen LogP) is 3.65. The van der Waals surface area contributed by atoms with Crippen molar-refractivity contribution in [2.45, 2.75) is 32.4 Å². The average molecular weight is 344 g/mol. The summed E-state index contributed by atoms with van der Waals surface area (Å²) in [5, 5.41) is 5.00. The van der Waals surface area contributed by atoms with E-state index in [1.54, 1.807) is 16.2 Å². The summed E-state index contributed by atoms with van der Waals surface area (Å²) in [5.41, 5.74) is 1.02. The third-order valence-corrected chi connectivity index (χ3v) is 5.58. The maximum Gasteiger partial charge on any atom is 0.317 e. The molecule has 0 aromatic carbocycles. The molecule has 0 radical (unpaired) electrons. The monoisotopic (exact) mass is 344 g/mol. The van der Waals surface area contributed by atoms with Gasteiger partial charge >= 0.3 is 6.03 Å². The Labute approximate surface area is 147 Å². The lowest BCUT2D eigenvalue weighted by molar-refractivity contribution is 0.194. The van der Waals surface area contributed by atoms with Gasteiger partial charge in [0.1, 0.15) is 5.82 Å². The molecule has 1 atom stereocenters. The lowest BCUT2D eigenvalue weighted by atomic mass is 10.2. The van der Waals surface area contributed by atoms with E-state index in [2.05, 4.69) is 21.3 Å². The van der Waals surface area contributed by atoms with Crippen LogP contribution >= 0.6 is 11.3 Å². The van der Waals surface area contributed by atoms with Gasteiger partial charge in [0.25, 0.3) is 0 Å². The number of urea groups is 1. The minimum Gasteiger partial charge on any atom is -0.357 e. The zero-order valence-electron chi connectivity index (χ0n) is 14.2. The molecule has 0 aliphatic carbocycles. The van der Waals surface area contributed by atoms with Crippen LogP contribution < -0.4 is 10.2 Å². The molecule has 2 amide bonds. The summed E-state index contributed by atoms with van der Waals surface area (Å²) in [5.74, 6) is 1.03. The van der Waals surface area contributed by atoms with Crippen molar-refractivity contribution in [2.75, 3.05) is 25.0 Å². The molecule has 3 heterocycles. The zero-order chi connectivity index (χ0) is 16.9. The predicted molar refractivity (Wildman–Crippen MR) is 98.4 cm³/mol. The fourth-order valence-electron chi connectivity index (χ4n) is 2.85. The van der Waals surface area contributed by atoms with Crippen LogP contribution in [0.1, 0.15) is 36.2 Å². The number of nitrogens with zero attached hydrogens (tertiary/aromatic N) is 3. The Kier molecular flexibility index (Phi) is 5.35. The SMILES string of the molecule is CC(c1cccs1)N(C)C(=O)NCc1ccc(N2CCCC2)nc1. The number of aromatic nitrogens is 1. The fraction of sp³-hybridized carbons (Fsp3) is 0.444. The number of pyridine rings is 1. The van der Waals surface area contributed by atoms with Crippen molar-refractivity contribution in [3.05, 3.63) is 46.3 Å². The van der Waals surface area contributed by atoms with E-state index in [0.29, 0.717) is 6.54 Å². The molecule has 1 aliphatic rings. The van der Waals surface area contributed by atoms with E-state index in [0.717, 1.165) is 24.5 Å². The van der Waals surface area contributed by atoms with Crippen LogP contribution in [0.3, 0.4) is 0 Å². The summed E-state index contributed by atoms with van der Waals surface area (Å²) in [6.45, 7) is 4.72. The van der Waals surface area contributed by atoms with Crippen molar-refractivity contribution >= 4 is 23.2 Å². The molecule has 1 aliphatic heterocycles. The third kappa shape index (κ3) is 3.87. The minimum atomic E-state index is -0.0699. The molecule has 128 valence electrons. The van der Waals surface area contributed by atoms with Gasteiger partial charge in [0.2, 0.25) is 0 Å². The van der Waals surface area contributed by atoms with Gasteiger partial charge in [-0.25, -0.2) is 9.78 Å². The molecule has 5 nitrogen and oxygen atoms in total. The first-order chi connectivity index (χ1) is 11.6. The molecule has 1 fully saturated rings. The summed E-state index contributed by atoms with van der Waals surface area (Å²) in [7, 11) is 1.83. The highest BCUT2D eigenvalue weighted by molar-refractivity contribution is 7.10. The van der Waals surface area contributed by atoms with Gasteiger partial charge in [0, 0.05) is 37.8 Å². The molecule has 3 rings (SSSR count). The standard InChI is InChI=1S/C18H24N4OS/c1-14(16-6-5-11-24-16)21(2)18(23)20-13-15-7-8-17(19-12-15)22-9-3-4-10-22/h5-8,11-12,14H,3-4,9-10,13H2,1-2H3,(H,20,23). The first-order valence-electron chi connectivity index (χ1n) is 8.39. The number of hydrogen-bond acceptors (Lipinski definition) is 4. The molecular weight excluding hydrogens is 320 g/mol. The number of nitrogens with one attached hydrogen (secondary N) is 1. The van der Waals surface area contributed by atoms with Gasteiger partial charge in [-0.05, 0) is 42.8 Å². The largest absolute Gasteiger partial charge is 0.357 e. The third-order valence-electron chi connectivity index (χ3n) is 4.54. The molecule has 0 bridgehead atoms. The number of amides is 2. The molecule has 2 aromatic heterocycles. The Morgan fingerprint density at radius 2 is 2.17 bits per heavy atom. The van der Waals surface area contributed by atoms with Crippen molar-refractivity contribution < 1.29 is 4.79 Å². The highest BCUT2D eigenvalue weighted by atomic mass is 32.1. The summed E-state index contributed by atoms with van der Waals surface area (Å²) in [6, 6.07) is 8.16. The number of carbonyl (C=O) groups excluding carboxylic acids is 1. The Morgan fingerprint density at radius 3 is 2.79 bits per heavy atom. The van der Waals surface area contributed by atoms with Gasteiger partial charge in [0.15, 0.2) is 0 Å². The summed E-state index contributed by atoms with van der Waals surface area (Å²) >= 11 is 1.67. The van der Waals surface area contributed by atoms with Crippen molar-refractivity contribution in [3.8, 4) is 0 Å². The van der Waals surface area contributed by atoms with Gasteiger partial charge in [-0.15, -0.1) is 11.3 Å². The Hall–Kier alpha value is -2.08. The normalized spacial score (nSPS) is 15.3. The summed E-state index contributed by atoms with van der Waals surface area (Å²) in [6.07, 6.45) is 4.35. The van der Waals surface area contributed by atoms with Crippen LogP contribution in [0.15, 0.2) is 35.8 Å². The first-order valence-corrected chi connectivity index (χ1v) is 9.27. The topological polar surface area (TPSA) is 48.5 Å². The molecule has 0 saturated carbocycles. The molecule has 1 saturated heterocycles. The second-order valence-electron chi connectivity index (χ2n) is 6.18. The van der Waals surface area contributed by atoms with Crippen LogP contribution in [0, 0.1) is 0 Å². The van der Waals surface area contributed by atoms with Crippen LogP contribution in [0.5, 0.6) is 0 Å². The number of anilines is 1. The number of rotatable bonds is 5. The molecule has 1 N–H and O–H groups in total. The van der Waals surface area contributed by atoms with E-state index < -0.39 is 0 Å². The van der Waals surface area contributed by atoms with Crippen molar-refractivity contribution in [3.63, 3.8) is 0 Å². The first kappa shape index (κ1) is 16.8. The van der Waals surface area contributed by atoms with Crippen molar-refractivity contribution in [1.82, 2.24) is 15.2 Å². The van der Waals surface area contributed by atoms with E-state index in [9.17, 15) is 4.79 Å². The van der Waals surface area contributed by atoms with Crippen LogP contribution in [-0.4, -0.2) is 36.1 Å². The second kappa shape index (κ2) is 7.66. The molecular formula is C18H24N4OS. The molecule has 0 spiro atoms. The molecule has 2 aromatic rings. The van der Waals surface area contributed by atoms with E-state index in [-0.39, 0.29) is 12.1 Å². The lowest BCUT2D eigenvalue weighted by Crippen LogP contribution is -2.38. The van der Waals surface area contributed by atoms with Gasteiger partial charge in [0.05, 0.1) is 6.04 Å². The van der Waals surface area contributed by atoms with Gasteiger partial charge in [-0.3, -0.25) is 0 Å². The Balaban J connectivity index is 1.52. The highest BCUT2D eigenvalue weighted by Crippen LogP contribution is 2.23. The minimum absolute atomic E-state index is 0.0699. The highest BCUT2D eigenvalue weighted by Gasteiger charge is 2.18. The van der Waals surface area contributed by atoms with Crippen LogP contribution in [0.4, 0.5) is 10.6 Å². The summed E-state index contributed by atoms with van der Waals surface area (Å²) in [4.78, 5) is 22.1. The smallest absolute Gasteiger partial charge is 0.317 e.